The maximum absolute atomic E-state index is 12.5. The number of halogens is 3. The van der Waals surface area contributed by atoms with E-state index in [4.69, 9.17) is 0 Å². The molecule has 1 N–H and O–H groups in total. The molecule has 0 radical (unpaired) electrons. The number of hydrogen-bond donors (Lipinski definition) is 1. The Morgan fingerprint density at radius 3 is 2.50 bits per heavy atom. The summed E-state index contributed by atoms with van der Waals surface area (Å²) in [6, 6.07) is 0. The van der Waals surface area contributed by atoms with Gasteiger partial charge in [0, 0.05) is 12.3 Å². The minimum Gasteiger partial charge on any atom is -0.351 e. The van der Waals surface area contributed by atoms with Crippen LogP contribution in [0.25, 0.3) is 0 Å². The van der Waals surface area contributed by atoms with E-state index < -0.39 is 11.7 Å². The van der Waals surface area contributed by atoms with Gasteiger partial charge in [-0.2, -0.15) is 13.2 Å². The molecule has 0 atom stereocenters. The molecule has 0 aromatic rings. The zero-order valence-corrected chi connectivity index (χ0v) is 8.34. The average molecular weight is 224 g/mol. The zero-order valence-electron chi connectivity index (χ0n) is 7.52. The van der Waals surface area contributed by atoms with Crippen molar-refractivity contribution < 1.29 is 13.2 Å². The Labute approximate surface area is 84.3 Å². The summed E-state index contributed by atoms with van der Waals surface area (Å²) in [7, 11) is 0. The Balaban J connectivity index is 2.00. The molecule has 1 fully saturated rings. The second kappa shape index (κ2) is 3.32. The van der Waals surface area contributed by atoms with Crippen molar-refractivity contribution in [2.45, 2.75) is 31.0 Å². The van der Waals surface area contributed by atoms with Crippen LogP contribution in [0.5, 0.6) is 0 Å². The second-order valence-corrected chi connectivity index (χ2v) is 4.68. The van der Waals surface area contributed by atoms with Gasteiger partial charge in [-0.1, -0.05) is 11.8 Å². The Kier molecular flexibility index (Phi) is 2.41. The fourth-order valence-corrected chi connectivity index (χ4v) is 2.26. The van der Waals surface area contributed by atoms with E-state index in [0.29, 0.717) is 11.7 Å². The molecular formula is C8H11F3N2S. The van der Waals surface area contributed by atoms with Crippen molar-refractivity contribution in [1.82, 2.24) is 5.32 Å². The first kappa shape index (κ1) is 10.1. The first-order valence-corrected chi connectivity index (χ1v) is 5.54. The Morgan fingerprint density at radius 1 is 1.36 bits per heavy atom. The zero-order chi connectivity index (χ0) is 10.2. The summed E-state index contributed by atoms with van der Waals surface area (Å²) in [6.45, 7) is 0.642. The van der Waals surface area contributed by atoms with Gasteiger partial charge in [-0.15, -0.1) is 0 Å². The molecule has 2 aliphatic rings. The van der Waals surface area contributed by atoms with Crippen molar-refractivity contribution in [3.05, 3.63) is 0 Å². The van der Waals surface area contributed by atoms with Crippen LogP contribution in [0.15, 0.2) is 4.99 Å². The first-order chi connectivity index (χ1) is 6.54. The normalized spacial score (nSPS) is 25.5. The molecule has 1 aliphatic carbocycles. The number of aliphatic imine (C=N–C) groups is 1. The fraction of sp³-hybridized carbons (Fsp3) is 0.875. The van der Waals surface area contributed by atoms with Crippen LogP contribution in [0, 0.1) is 0 Å². The van der Waals surface area contributed by atoms with Gasteiger partial charge < -0.3 is 5.32 Å². The van der Waals surface area contributed by atoms with Crippen molar-refractivity contribution >= 4 is 16.9 Å². The Morgan fingerprint density at radius 2 is 2.07 bits per heavy atom. The van der Waals surface area contributed by atoms with Crippen LogP contribution < -0.4 is 5.32 Å². The van der Waals surface area contributed by atoms with Crippen LogP contribution in [0.4, 0.5) is 13.2 Å². The highest BCUT2D eigenvalue weighted by Crippen LogP contribution is 2.49. The van der Waals surface area contributed by atoms with E-state index in [9.17, 15) is 13.2 Å². The summed E-state index contributed by atoms with van der Waals surface area (Å²) in [5.41, 5.74) is -1.66. The second-order valence-electron chi connectivity index (χ2n) is 3.59. The van der Waals surface area contributed by atoms with E-state index in [0.717, 1.165) is 12.2 Å². The van der Waals surface area contributed by atoms with Crippen LogP contribution in [0.3, 0.4) is 0 Å². The molecule has 1 aliphatic heterocycles. The van der Waals surface area contributed by atoms with Crippen LogP contribution >= 0.6 is 11.8 Å². The standard InChI is InChI=1S/C8H11F3N2S/c9-8(10,11)7(2-3-7)13-6-12-4-1-5-14-6/h1-5H2,(H,12,13). The van der Waals surface area contributed by atoms with E-state index in [1.807, 2.05) is 0 Å². The SMILES string of the molecule is FC(F)(F)C1(NC2=NCCCS2)CC1. The largest absolute Gasteiger partial charge is 0.411 e. The van der Waals surface area contributed by atoms with Crippen molar-refractivity contribution in [3.63, 3.8) is 0 Å². The number of amidine groups is 1. The number of hydrogen-bond acceptors (Lipinski definition) is 3. The topological polar surface area (TPSA) is 24.4 Å². The summed E-state index contributed by atoms with van der Waals surface area (Å²) >= 11 is 1.39. The molecule has 0 bridgehead atoms. The van der Waals surface area contributed by atoms with Crippen molar-refractivity contribution in [2.24, 2.45) is 4.99 Å². The van der Waals surface area contributed by atoms with Gasteiger partial charge in [-0.05, 0) is 19.3 Å². The smallest absolute Gasteiger partial charge is 0.351 e. The third kappa shape index (κ3) is 1.85. The molecule has 0 unspecified atom stereocenters. The predicted molar refractivity (Wildman–Crippen MR) is 50.5 cm³/mol. The molecule has 0 saturated heterocycles. The maximum atomic E-state index is 12.5. The van der Waals surface area contributed by atoms with E-state index in [1.54, 1.807) is 0 Å². The van der Waals surface area contributed by atoms with Crippen LogP contribution in [-0.4, -0.2) is 29.2 Å². The predicted octanol–water partition coefficient (Wildman–Crippen LogP) is 2.16. The molecule has 80 valence electrons. The third-order valence-corrected chi connectivity index (χ3v) is 3.43. The quantitative estimate of drug-likeness (QED) is 0.738. The molecule has 0 spiro atoms. The molecule has 14 heavy (non-hydrogen) atoms. The van der Waals surface area contributed by atoms with E-state index in [1.165, 1.54) is 11.8 Å². The lowest BCUT2D eigenvalue weighted by atomic mass is 10.3. The highest BCUT2D eigenvalue weighted by atomic mass is 32.2. The molecule has 1 heterocycles. The molecule has 6 heteroatoms. The molecular weight excluding hydrogens is 213 g/mol. The highest BCUT2D eigenvalue weighted by Gasteiger charge is 2.64. The van der Waals surface area contributed by atoms with Gasteiger partial charge in [0.2, 0.25) is 0 Å². The van der Waals surface area contributed by atoms with Crippen LogP contribution in [0.1, 0.15) is 19.3 Å². The highest BCUT2D eigenvalue weighted by molar-refractivity contribution is 8.13. The number of nitrogens with zero attached hydrogens (tertiary/aromatic N) is 1. The van der Waals surface area contributed by atoms with Crippen molar-refractivity contribution in [1.29, 1.82) is 0 Å². The Bertz CT molecular complexity index is 258. The van der Waals surface area contributed by atoms with Gasteiger partial charge in [0.1, 0.15) is 5.54 Å². The lowest BCUT2D eigenvalue weighted by molar-refractivity contribution is -0.161. The van der Waals surface area contributed by atoms with E-state index in [2.05, 4.69) is 10.3 Å². The van der Waals surface area contributed by atoms with Gasteiger partial charge in [-0.3, -0.25) is 4.99 Å². The van der Waals surface area contributed by atoms with Crippen molar-refractivity contribution in [3.8, 4) is 0 Å². The average Bonchev–Trinajstić information content (AvgIpc) is 2.86. The minimum absolute atomic E-state index is 0.177. The van der Waals surface area contributed by atoms with E-state index in [-0.39, 0.29) is 12.8 Å². The van der Waals surface area contributed by atoms with E-state index >= 15 is 0 Å². The molecule has 2 nitrogen and oxygen atoms in total. The van der Waals surface area contributed by atoms with Crippen molar-refractivity contribution in [2.75, 3.05) is 12.3 Å². The number of thioether (sulfide) groups is 1. The molecule has 0 aromatic heterocycles. The van der Waals surface area contributed by atoms with Crippen LogP contribution in [0.2, 0.25) is 0 Å². The Hall–Kier alpha value is -0.390. The summed E-state index contributed by atoms with van der Waals surface area (Å²) in [5, 5.41) is 3.00. The number of alkyl halides is 3. The number of nitrogens with one attached hydrogen (secondary N) is 1. The molecule has 0 aromatic carbocycles. The molecule has 2 rings (SSSR count). The van der Waals surface area contributed by atoms with Gasteiger partial charge >= 0.3 is 6.18 Å². The fourth-order valence-electron chi connectivity index (χ4n) is 1.34. The summed E-state index contributed by atoms with van der Waals surface area (Å²) in [4.78, 5) is 4.04. The van der Waals surface area contributed by atoms with Crippen LogP contribution in [-0.2, 0) is 0 Å². The summed E-state index contributed by atoms with van der Waals surface area (Å²) in [5.74, 6) is 0.861. The van der Waals surface area contributed by atoms with Gasteiger partial charge in [0.15, 0.2) is 5.17 Å². The van der Waals surface area contributed by atoms with Gasteiger partial charge in [0.05, 0.1) is 0 Å². The molecule has 0 amide bonds. The lowest BCUT2D eigenvalue weighted by Crippen LogP contribution is -2.47. The maximum Gasteiger partial charge on any atom is 0.411 e. The monoisotopic (exact) mass is 224 g/mol. The van der Waals surface area contributed by atoms with Gasteiger partial charge in [-0.25, -0.2) is 0 Å². The lowest BCUT2D eigenvalue weighted by Gasteiger charge is -2.23. The first-order valence-electron chi connectivity index (χ1n) is 4.56. The third-order valence-electron chi connectivity index (χ3n) is 2.44. The minimum atomic E-state index is -4.15. The summed E-state index contributed by atoms with van der Waals surface area (Å²) in [6.07, 6.45) is -2.84. The summed E-state index contributed by atoms with van der Waals surface area (Å²) < 4.78 is 37.6. The van der Waals surface area contributed by atoms with Gasteiger partial charge in [0.25, 0.3) is 0 Å². The number of rotatable bonds is 1. The molecule has 1 saturated carbocycles.